The van der Waals surface area contributed by atoms with Crippen LogP contribution in [0.1, 0.15) is 30.9 Å². The average Bonchev–Trinajstić information content (AvgIpc) is 2.05. The monoisotopic (exact) mass is 159 g/mol. The second-order valence-corrected chi connectivity index (χ2v) is 3.17. The van der Waals surface area contributed by atoms with Crippen LogP contribution in [0.3, 0.4) is 0 Å². The Morgan fingerprint density at radius 2 is 2.00 bits per heavy atom. The Labute approximate surface area is 73.9 Å². The summed E-state index contributed by atoms with van der Waals surface area (Å²) in [5, 5.41) is 0. The zero-order chi connectivity index (χ0) is 8.97. The molecule has 0 bridgehead atoms. The Kier molecular flexibility index (Phi) is 2.88. The largest absolute Gasteiger partial charge is 0.312 e. The first-order valence-corrected chi connectivity index (χ1v) is 4.16. The average molecular weight is 159 g/mol. The Morgan fingerprint density at radius 1 is 1.33 bits per heavy atom. The molecule has 1 aromatic carbocycles. The summed E-state index contributed by atoms with van der Waals surface area (Å²) in [5.74, 6) is 0.517. The highest BCUT2D eigenvalue weighted by Crippen LogP contribution is 2.19. The smallest absolute Gasteiger partial charge is 0.240 e. The molecule has 0 amide bonds. The molecule has 0 aliphatic rings. The molecule has 0 saturated carbocycles. The highest BCUT2D eigenvalue weighted by Gasteiger charge is 2.06. The summed E-state index contributed by atoms with van der Waals surface area (Å²) in [7, 11) is 0. The van der Waals surface area contributed by atoms with Crippen LogP contribution in [0, 0.1) is 6.57 Å². The molecule has 1 nitrogen and oxygen atoms in total. The zero-order valence-electron chi connectivity index (χ0n) is 7.54. The lowest BCUT2D eigenvalue weighted by Gasteiger charge is -2.07. The summed E-state index contributed by atoms with van der Waals surface area (Å²) < 4.78 is 0. The van der Waals surface area contributed by atoms with E-state index in [9.17, 15) is 0 Å². The minimum atomic E-state index is 0.508. The SMILES string of the molecule is [C-]#[N+]Cc1ccccc1C(C)C. The summed E-state index contributed by atoms with van der Waals surface area (Å²) in [4.78, 5) is 3.40. The molecule has 0 saturated heterocycles. The number of hydrogen-bond donors (Lipinski definition) is 0. The molecule has 0 aromatic heterocycles. The number of benzene rings is 1. The van der Waals surface area contributed by atoms with E-state index >= 15 is 0 Å². The van der Waals surface area contributed by atoms with Crippen molar-refractivity contribution in [3.05, 3.63) is 46.8 Å². The molecule has 0 radical (unpaired) electrons. The van der Waals surface area contributed by atoms with Crippen LogP contribution >= 0.6 is 0 Å². The molecule has 62 valence electrons. The minimum absolute atomic E-state index is 0.508. The molecule has 0 atom stereocenters. The maximum absolute atomic E-state index is 6.80. The third kappa shape index (κ3) is 1.85. The quantitative estimate of drug-likeness (QED) is 0.583. The van der Waals surface area contributed by atoms with E-state index in [1.54, 1.807) is 0 Å². The lowest BCUT2D eigenvalue weighted by atomic mass is 9.97. The van der Waals surface area contributed by atoms with Crippen LogP contribution in [0.5, 0.6) is 0 Å². The molecule has 0 unspecified atom stereocenters. The Morgan fingerprint density at radius 3 is 2.58 bits per heavy atom. The summed E-state index contributed by atoms with van der Waals surface area (Å²) in [6.07, 6.45) is 0. The van der Waals surface area contributed by atoms with Crippen molar-refractivity contribution < 1.29 is 0 Å². The number of hydrogen-bond acceptors (Lipinski definition) is 0. The van der Waals surface area contributed by atoms with Gasteiger partial charge in [0.1, 0.15) is 0 Å². The first kappa shape index (κ1) is 8.80. The zero-order valence-corrected chi connectivity index (χ0v) is 7.54. The Bertz CT molecular complexity index is 294. The van der Waals surface area contributed by atoms with Crippen molar-refractivity contribution in [1.82, 2.24) is 0 Å². The van der Waals surface area contributed by atoms with Gasteiger partial charge >= 0.3 is 0 Å². The number of nitrogens with zero attached hydrogens (tertiary/aromatic N) is 1. The predicted octanol–water partition coefficient (Wildman–Crippen LogP) is 3.23. The van der Waals surface area contributed by atoms with Crippen molar-refractivity contribution >= 4 is 0 Å². The van der Waals surface area contributed by atoms with Gasteiger partial charge in [-0.05, 0) is 11.5 Å². The Balaban J connectivity index is 3.02. The van der Waals surface area contributed by atoms with E-state index in [1.165, 1.54) is 11.1 Å². The van der Waals surface area contributed by atoms with Gasteiger partial charge in [0, 0.05) is 5.56 Å². The van der Waals surface area contributed by atoms with E-state index in [0.717, 1.165) is 0 Å². The maximum atomic E-state index is 6.80. The lowest BCUT2D eigenvalue weighted by Crippen LogP contribution is -1.93. The van der Waals surface area contributed by atoms with Crippen LogP contribution < -0.4 is 0 Å². The van der Waals surface area contributed by atoms with Gasteiger partial charge in [0.15, 0.2) is 0 Å². The highest BCUT2D eigenvalue weighted by molar-refractivity contribution is 5.30. The van der Waals surface area contributed by atoms with Crippen molar-refractivity contribution in [1.29, 1.82) is 0 Å². The second kappa shape index (κ2) is 3.92. The molecule has 0 aliphatic heterocycles. The van der Waals surface area contributed by atoms with Gasteiger partial charge < -0.3 is 4.85 Å². The summed E-state index contributed by atoms with van der Waals surface area (Å²) >= 11 is 0. The summed E-state index contributed by atoms with van der Waals surface area (Å²) in [6, 6.07) is 8.16. The standard InChI is InChI=1S/C11H13N/c1-9(2)11-7-5-4-6-10(11)8-12-3/h4-7,9H,8H2,1-2H3. The van der Waals surface area contributed by atoms with Crippen molar-refractivity contribution in [2.45, 2.75) is 26.3 Å². The van der Waals surface area contributed by atoms with Crippen LogP contribution in [-0.4, -0.2) is 0 Å². The van der Waals surface area contributed by atoms with E-state index in [2.05, 4.69) is 24.8 Å². The van der Waals surface area contributed by atoms with Crippen molar-refractivity contribution in [3.8, 4) is 0 Å². The first-order chi connectivity index (χ1) is 5.75. The van der Waals surface area contributed by atoms with Gasteiger partial charge in [0.05, 0.1) is 0 Å². The summed E-state index contributed by atoms with van der Waals surface area (Å²) in [6.45, 7) is 11.6. The second-order valence-electron chi connectivity index (χ2n) is 3.17. The minimum Gasteiger partial charge on any atom is -0.312 e. The molecule has 1 aromatic rings. The van der Waals surface area contributed by atoms with Gasteiger partial charge in [-0.2, -0.15) is 0 Å². The highest BCUT2D eigenvalue weighted by atomic mass is 14.6. The van der Waals surface area contributed by atoms with Gasteiger partial charge in [-0.25, -0.2) is 6.57 Å². The van der Waals surface area contributed by atoms with Gasteiger partial charge in [-0.3, -0.25) is 0 Å². The summed E-state index contributed by atoms with van der Waals surface area (Å²) in [5.41, 5.74) is 2.47. The lowest BCUT2D eigenvalue weighted by molar-refractivity contribution is 0.850. The van der Waals surface area contributed by atoms with E-state index in [-0.39, 0.29) is 0 Å². The molecule has 0 aliphatic carbocycles. The fourth-order valence-electron chi connectivity index (χ4n) is 1.33. The van der Waals surface area contributed by atoms with Crippen molar-refractivity contribution in [3.63, 3.8) is 0 Å². The van der Waals surface area contributed by atoms with Gasteiger partial charge in [0.2, 0.25) is 6.54 Å². The molecule has 0 heterocycles. The van der Waals surface area contributed by atoms with Gasteiger partial charge in [-0.15, -0.1) is 0 Å². The topological polar surface area (TPSA) is 4.36 Å². The van der Waals surface area contributed by atoms with Crippen molar-refractivity contribution in [2.24, 2.45) is 0 Å². The van der Waals surface area contributed by atoms with Crippen LogP contribution in [0.25, 0.3) is 4.85 Å². The predicted molar refractivity (Wildman–Crippen MR) is 50.8 cm³/mol. The normalized spacial score (nSPS) is 9.83. The van der Waals surface area contributed by atoms with E-state index in [1.807, 2.05) is 18.2 Å². The molecule has 0 fully saturated rings. The molecule has 0 spiro atoms. The molecular formula is C11H13N. The molecule has 0 N–H and O–H groups in total. The first-order valence-electron chi connectivity index (χ1n) is 4.16. The van der Waals surface area contributed by atoms with E-state index in [4.69, 9.17) is 6.57 Å². The Hall–Kier alpha value is -1.29. The van der Waals surface area contributed by atoms with E-state index < -0.39 is 0 Å². The van der Waals surface area contributed by atoms with Crippen LogP contribution in [-0.2, 0) is 6.54 Å². The molecule has 1 rings (SSSR count). The van der Waals surface area contributed by atoms with Gasteiger partial charge in [-0.1, -0.05) is 38.1 Å². The third-order valence-corrected chi connectivity index (χ3v) is 1.93. The molecular weight excluding hydrogens is 146 g/mol. The van der Waals surface area contributed by atoms with Gasteiger partial charge in [0.25, 0.3) is 0 Å². The van der Waals surface area contributed by atoms with Crippen LogP contribution in [0.2, 0.25) is 0 Å². The van der Waals surface area contributed by atoms with E-state index in [0.29, 0.717) is 12.5 Å². The molecule has 12 heavy (non-hydrogen) atoms. The fourth-order valence-corrected chi connectivity index (χ4v) is 1.33. The van der Waals surface area contributed by atoms with Crippen molar-refractivity contribution in [2.75, 3.05) is 0 Å². The van der Waals surface area contributed by atoms with Crippen LogP contribution in [0.15, 0.2) is 24.3 Å². The number of rotatable bonds is 2. The fraction of sp³-hybridized carbons (Fsp3) is 0.364. The van der Waals surface area contributed by atoms with Crippen LogP contribution in [0.4, 0.5) is 0 Å². The molecule has 1 heteroatoms. The third-order valence-electron chi connectivity index (χ3n) is 1.93. The maximum Gasteiger partial charge on any atom is 0.240 e.